The summed E-state index contributed by atoms with van der Waals surface area (Å²) in [5, 5.41) is 0. The Balaban J connectivity index is 2.46. The summed E-state index contributed by atoms with van der Waals surface area (Å²) in [4.78, 5) is 14.0. The lowest BCUT2D eigenvalue weighted by Gasteiger charge is -2.21. The lowest BCUT2D eigenvalue weighted by molar-refractivity contribution is -0.121. The van der Waals surface area contributed by atoms with E-state index in [1.807, 2.05) is 27.0 Å². The molecule has 3 heteroatoms. The number of amides is 1. The average Bonchev–Trinajstić information content (AvgIpc) is 2.58. The molecule has 1 heterocycles. The minimum Gasteiger partial charge on any atom is -0.324 e. The number of benzene rings is 1. The first-order chi connectivity index (χ1) is 8.80. The fourth-order valence-corrected chi connectivity index (χ4v) is 2.78. The summed E-state index contributed by atoms with van der Waals surface area (Å²) < 4.78 is 0. The van der Waals surface area contributed by atoms with E-state index in [-0.39, 0.29) is 11.9 Å². The van der Waals surface area contributed by atoms with E-state index in [1.54, 1.807) is 4.90 Å². The summed E-state index contributed by atoms with van der Waals surface area (Å²) in [6.45, 7) is 8.28. The molecule has 0 radical (unpaired) electrons. The highest BCUT2D eigenvalue weighted by atomic mass is 16.2. The molecule has 0 fully saturated rings. The zero-order valence-electron chi connectivity index (χ0n) is 12.5. The maximum atomic E-state index is 12.2. The Bertz CT molecular complexity index is 507. The lowest BCUT2D eigenvalue weighted by Crippen LogP contribution is -2.33. The van der Waals surface area contributed by atoms with Crippen molar-refractivity contribution < 1.29 is 4.79 Å². The van der Waals surface area contributed by atoms with Crippen molar-refractivity contribution in [1.82, 2.24) is 0 Å². The topological polar surface area (TPSA) is 46.3 Å². The Morgan fingerprint density at radius 2 is 2.00 bits per heavy atom. The van der Waals surface area contributed by atoms with Crippen LogP contribution in [0.1, 0.15) is 51.3 Å². The van der Waals surface area contributed by atoms with Crippen molar-refractivity contribution in [1.29, 1.82) is 0 Å². The molecule has 0 spiro atoms. The van der Waals surface area contributed by atoms with Crippen molar-refractivity contribution in [2.75, 3.05) is 11.9 Å². The third-order valence-corrected chi connectivity index (χ3v) is 4.54. The number of anilines is 1. The van der Waals surface area contributed by atoms with Crippen LogP contribution in [-0.2, 0) is 10.2 Å². The van der Waals surface area contributed by atoms with Crippen LogP contribution in [0, 0.1) is 5.92 Å². The summed E-state index contributed by atoms with van der Waals surface area (Å²) >= 11 is 0. The fourth-order valence-electron chi connectivity index (χ4n) is 2.78. The van der Waals surface area contributed by atoms with Crippen molar-refractivity contribution in [2.45, 2.75) is 45.6 Å². The van der Waals surface area contributed by atoms with Gasteiger partial charge in [0.1, 0.15) is 0 Å². The first kappa shape index (κ1) is 14.1. The maximum Gasteiger partial charge on any atom is 0.236 e. The van der Waals surface area contributed by atoms with E-state index in [1.165, 1.54) is 0 Å². The van der Waals surface area contributed by atoms with Gasteiger partial charge in [0.25, 0.3) is 0 Å². The van der Waals surface area contributed by atoms with Crippen LogP contribution < -0.4 is 10.6 Å². The molecule has 0 saturated carbocycles. The monoisotopic (exact) mass is 260 g/mol. The molecule has 0 aliphatic carbocycles. The number of fused-ring (bicyclic) bond motifs is 1. The second-order valence-corrected chi connectivity index (χ2v) is 6.18. The molecule has 1 aliphatic rings. The Labute approximate surface area is 115 Å². The largest absolute Gasteiger partial charge is 0.324 e. The van der Waals surface area contributed by atoms with Gasteiger partial charge in [0.2, 0.25) is 5.91 Å². The van der Waals surface area contributed by atoms with Crippen LogP contribution in [-0.4, -0.2) is 13.0 Å². The van der Waals surface area contributed by atoms with Gasteiger partial charge < -0.3 is 10.6 Å². The minimum absolute atomic E-state index is 0.0344. The predicted octanol–water partition coefficient (Wildman–Crippen LogP) is 2.99. The van der Waals surface area contributed by atoms with Gasteiger partial charge in [0.15, 0.2) is 0 Å². The summed E-state index contributed by atoms with van der Waals surface area (Å²) in [6.07, 6.45) is 1.06. The maximum absolute atomic E-state index is 12.2. The molecule has 0 bridgehead atoms. The smallest absolute Gasteiger partial charge is 0.236 e. The van der Waals surface area contributed by atoms with Gasteiger partial charge in [-0.2, -0.15) is 0 Å². The number of nitrogens with zero attached hydrogens (tertiary/aromatic N) is 1. The number of carbonyl (C=O) groups excluding carboxylic acids is 1. The number of hydrogen-bond acceptors (Lipinski definition) is 2. The van der Waals surface area contributed by atoms with E-state index in [0.717, 1.165) is 23.2 Å². The SMILES string of the molecule is CCC(C)C(N)c1ccc2c(c1)C(C)(C)C(=O)N2C. The van der Waals surface area contributed by atoms with Crippen LogP contribution in [0.15, 0.2) is 18.2 Å². The second-order valence-electron chi connectivity index (χ2n) is 6.18. The number of carbonyl (C=O) groups is 1. The highest BCUT2D eigenvalue weighted by molar-refractivity contribution is 6.07. The summed E-state index contributed by atoms with van der Waals surface area (Å²) in [7, 11) is 1.84. The van der Waals surface area contributed by atoms with Crippen molar-refractivity contribution in [3.8, 4) is 0 Å². The van der Waals surface area contributed by atoms with Crippen LogP contribution in [0.2, 0.25) is 0 Å². The average molecular weight is 260 g/mol. The third kappa shape index (κ3) is 2.06. The fraction of sp³-hybridized carbons (Fsp3) is 0.562. The van der Waals surface area contributed by atoms with Gasteiger partial charge >= 0.3 is 0 Å². The van der Waals surface area contributed by atoms with E-state index in [4.69, 9.17) is 5.73 Å². The molecule has 3 nitrogen and oxygen atoms in total. The van der Waals surface area contributed by atoms with E-state index in [9.17, 15) is 4.79 Å². The lowest BCUT2D eigenvalue weighted by atomic mass is 9.83. The molecule has 1 amide bonds. The van der Waals surface area contributed by atoms with Gasteiger partial charge in [-0.1, -0.05) is 32.4 Å². The molecule has 0 aromatic heterocycles. The quantitative estimate of drug-likeness (QED) is 0.908. The molecule has 1 aromatic rings. The van der Waals surface area contributed by atoms with Crippen LogP contribution in [0.3, 0.4) is 0 Å². The molecular weight excluding hydrogens is 236 g/mol. The number of likely N-dealkylation sites (N-methyl/N-ethyl adjacent to an activating group) is 1. The minimum atomic E-state index is -0.449. The molecule has 2 N–H and O–H groups in total. The standard InChI is InChI=1S/C16H24N2O/c1-6-10(2)14(17)11-7-8-13-12(9-11)16(3,4)15(19)18(13)5/h7-10,14H,6,17H2,1-5H3. The van der Waals surface area contributed by atoms with E-state index < -0.39 is 5.41 Å². The second kappa shape index (κ2) is 4.64. The molecule has 104 valence electrons. The Morgan fingerprint density at radius 1 is 1.37 bits per heavy atom. The molecule has 2 unspecified atom stereocenters. The summed E-state index contributed by atoms with van der Waals surface area (Å²) in [6, 6.07) is 6.24. The molecular formula is C16H24N2O. The van der Waals surface area contributed by atoms with Crippen molar-refractivity contribution >= 4 is 11.6 Å². The van der Waals surface area contributed by atoms with Crippen molar-refractivity contribution in [3.05, 3.63) is 29.3 Å². The Morgan fingerprint density at radius 3 is 2.58 bits per heavy atom. The van der Waals surface area contributed by atoms with Gasteiger partial charge in [-0.3, -0.25) is 4.79 Å². The molecule has 19 heavy (non-hydrogen) atoms. The highest BCUT2D eigenvalue weighted by Crippen LogP contribution is 2.42. The van der Waals surface area contributed by atoms with Crippen LogP contribution >= 0.6 is 0 Å². The van der Waals surface area contributed by atoms with E-state index >= 15 is 0 Å². The van der Waals surface area contributed by atoms with Crippen LogP contribution in [0.25, 0.3) is 0 Å². The van der Waals surface area contributed by atoms with Gasteiger partial charge in [-0.15, -0.1) is 0 Å². The van der Waals surface area contributed by atoms with Crippen LogP contribution in [0.4, 0.5) is 5.69 Å². The molecule has 1 aliphatic heterocycles. The number of rotatable bonds is 3. The molecule has 0 saturated heterocycles. The zero-order valence-corrected chi connectivity index (χ0v) is 12.5. The highest BCUT2D eigenvalue weighted by Gasteiger charge is 2.42. The molecule has 1 aromatic carbocycles. The molecule has 2 atom stereocenters. The van der Waals surface area contributed by atoms with Gasteiger partial charge in [0, 0.05) is 18.8 Å². The normalized spacial score (nSPS) is 20.3. The predicted molar refractivity (Wildman–Crippen MR) is 79.3 cm³/mol. The zero-order chi connectivity index (χ0) is 14.4. The Kier molecular flexibility index (Phi) is 3.43. The van der Waals surface area contributed by atoms with Gasteiger partial charge in [0.05, 0.1) is 5.41 Å². The Hall–Kier alpha value is -1.35. The first-order valence-corrected chi connectivity index (χ1v) is 6.98. The van der Waals surface area contributed by atoms with Crippen LogP contribution in [0.5, 0.6) is 0 Å². The van der Waals surface area contributed by atoms with Crippen molar-refractivity contribution in [2.24, 2.45) is 11.7 Å². The van der Waals surface area contributed by atoms with Crippen molar-refractivity contribution in [3.63, 3.8) is 0 Å². The summed E-state index contributed by atoms with van der Waals surface area (Å²) in [5.41, 5.74) is 9.09. The van der Waals surface area contributed by atoms with Gasteiger partial charge in [-0.25, -0.2) is 0 Å². The van der Waals surface area contributed by atoms with E-state index in [2.05, 4.69) is 26.0 Å². The number of hydrogen-bond donors (Lipinski definition) is 1. The molecule has 2 rings (SSSR count). The number of nitrogens with two attached hydrogens (primary N) is 1. The third-order valence-electron chi connectivity index (χ3n) is 4.54. The summed E-state index contributed by atoms with van der Waals surface area (Å²) in [5.74, 6) is 0.591. The first-order valence-electron chi connectivity index (χ1n) is 6.98. The van der Waals surface area contributed by atoms with E-state index in [0.29, 0.717) is 5.92 Å². The van der Waals surface area contributed by atoms with Gasteiger partial charge in [-0.05, 0) is 37.0 Å².